The molecule has 0 aliphatic heterocycles. The molecule has 0 saturated heterocycles. The Kier molecular flexibility index (Phi) is 10.7. The molecule has 1 amide bonds. The second kappa shape index (κ2) is 13.8. The maximum Gasteiger partial charge on any atom is 0.222 e. The van der Waals surface area contributed by atoms with Crippen molar-refractivity contribution in [1.82, 2.24) is 4.90 Å². The number of phenols is 1. The summed E-state index contributed by atoms with van der Waals surface area (Å²) >= 11 is 0. The van der Waals surface area contributed by atoms with E-state index in [0.717, 1.165) is 64.3 Å². The molecule has 0 radical (unpaired) electrons. The van der Waals surface area contributed by atoms with Crippen LogP contribution in [0.4, 0.5) is 0 Å². The molecule has 0 aromatic heterocycles. The Bertz CT molecular complexity index is 1030. The summed E-state index contributed by atoms with van der Waals surface area (Å²) in [6, 6.07) is 6.04. The number of aromatic hydroxyl groups is 1. The zero-order chi connectivity index (χ0) is 28.8. The molecular weight excluding hydrogens is 494 g/mol. The highest BCUT2D eigenvalue weighted by Gasteiger charge is 2.62. The summed E-state index contributed by atoms with van der Waals surface area (Å²) in [5.41, 5.74) is 1.62. The van der Waals surface area contributed by atoms with Crippen LogP contribution in [-0.4, -0.2) is 40.2 Å². The van der Waals surface area contributed by atoms with Gasteiger partial charge in [0.15, 0.2) is 0 Å². The predicted molar refractivity (Wildman–Crippen MR) is 164 cm³/mol. The van der Waals surface area contributed by atoms with Crippen LogP contribution in [0, 0.1) is 35.5 Å². The molecule has 0 spiro atoms. The minimum absolute atomic E-state index is 0.189. The third-order valence-corrected chi connectivity index (χ3v) is 11.3. The number of unbranched alkanes of at least 4 members (excludes halogenated alkanes) is 8. The molecule has 2 N–H and O–H groups in total. The van der Waals surface area contributed by atoms with Crippen molar-refractivity contribution < 1.29 is 15.0 Å². The van der Waals surface area contributed by atoms with Gasteiger partial charge >= 0.3 is 0 Å². The van der Waals surface area contributed by atoms with E-state index in [9.17, 15) is 15.0 Å². The van der Waals surface area contributed by atoms with Gasteiger partial charge in [0.2, 0.25) is 5.91 Å². The largest absolute Gasteiger partial charge is 0.508 e. The van der Waals surface area contributed by atoms with Crippen molar-refractivity contribution in [2.75, 3.05) is 13.6 Å². The molecule has 6 atom stereocenters. The van der Waals surface area contributed by atoms with Crippen molar-refractivity contribution >= 4 is 5.91 Å². The second-order valence-electron chi connectivity index (χ2n) is 13.7. The topological polar surface area (TPSA) is 60.8 Å². The van der Waals surface area contributed by atoms with Crippen molar-refractivity contribution in [3.8, 4) is 18.1 Å². The summed E-state index contributed by atoms with van der Waals surface area (Å²) in [6.07, 6.45) is 24.7. The Hall–Kier alpha value is -1.99. The standard InChI is InChI=1S/C36H55NO3/c1-5-7-24-37(4)33(39)17-15-13-11-9-8-10-12-14-16-27-25-28-26-29(38)18-19-30(28)31-20-22-35(3)32(34(27)31)21-23-36(35,40)6-2/h2,18-19,26-27,31-32,34,38,40H,5,7-17,20-25H2,1,3-4H3/t27-,31-,32+,34-,35+,36+/m1/s1. The van der Waals surface area contributed by atoms with Gasteiger partial charge in [-0.1, -0.05) is 77.2 Å². The molecule has 4 heteroatoms. The lowest BCUT2D eigenvalue weighted by atomic mass is 9.50. The van der Waals surface area contributed by atoms with E-state index in [-0.39, 0.29) is 5.41 Å². The molecule has 222 valence electrons. The van der Waals surface area contributed by atoms with E-state index < -0.39 is 5.60 Å². The number of nitrogens with zero attached hydrogens (tertiary/aromatic N) is 1. The maximum atomic E-state index is 12.2. The van der Waals surface area contributed by atoms with Gasteiger partial charge in [-0.2, -0.15) is 0 Å². The average molecular weight is 550 g/mol. The molecule has 0 unspecified atom stereocenters. The fraction of sp³-hybridized carbons (Fsp3) is 0.750. The number of phenolic OH excluding ortho intramolecular Hbond substituents is 1. The van der Waals surface area contributed by atoms with E-state index in [1.165, 1.54) is 56.1 Å². The van der Waals surface area contributed by atoms with Crippen LogP contribution in [-0.2, 0) is 11.2 Å². The van der Waals surface area contributed by atoms with E-state index in [0.29, 0.717) is 41.7 Å². The Labute approximate surface area is 244 Å². The predicted octanol–water partition coefficient (Wildman–Crippen LogP) is 8.00. The lowest BCUT2D eigenvalue weighted by molar-refractivity contribution is -0.130. The lowest BCUT2D eigenvalue weighted by Crippen LogP contribution is -2.52. The first kappa shape index (κ1) is 31.0. The normalized spacial score (nSPS) is 30.7. The van der Waals surface area contributed by atoms with Crippen LogP contribution in [0.15, 0.2) is 18.2 Å². The minimum Gasteiger partial charge on any atom is -0.508 e. The third-order valence-electron chi connectivity index (χ3n) is 11.3. The molecule has 2 fully saturated rings. The van der Waals surface area contributed by atoms with Crippen LogP contribution in [0.5, 0.6) is 5.75 Å². The fourth-order valence-corrected chi connectivity index (χ4v) is 8.77. The molecule has 40 heavy (non-hydrogen) atoms. The summed E-state index contributed by atoms with van der Waals surface area (Å²) in [5, 5.41) is 21.6. The van der Waals surface area contributed by atoms with Crippen LogP contribution in [0.3, 0.4) is 0 Å². The average Bonchev–Trinajstić information content (AvgIpc) is 3.22. The summed E-state index contributed by atoms with van der Waals surface area (Å²) in [7, 11) is 1.94. The molecule has 2 saturated carbocycles. The summed E-state index contributed by atoms with van der Waals surface area (Å²) < 4.78 is 0. The molecule has 1 aromatic rings. The van der Waals surface area contributed by atoms with Crippen LogP contribution >= 0.6 is 0 Å². The monoisotopic (exact) mass is 549 g/mol. The zero-order valence-electron chi connectivity index (χ0n) is 25.6. The first-order valence-electron chi connectivity index (χ1n) is 16.5. The van der Waals surface area contributed by atoms with Gasteiger partial charge in [-0.15, -0.1) is 6.42 Å². The zero-order valence-corrected chi connectivity index (χ0v) is 25.6. The number of terminal acetylenes is 1. The first-order chi connectivity index (χ1) is 19.2. The van der Waals surface area contributed by atoms with E-state index in [1.54, 1.807) is 0 Å². The smallest absolute Gasteiger partial charge is 0.222 e. The number of carbonyl (C=O) groups excluding carboxylic acids is 1. The summed E-state index contributed by atoms with van der Waals surface area (Å²) in [6.45, 7) is 5.32. The summed E-state index contributed by atoms with van der Waals surface area (Å²) in [4.78, 5) is 14.1. The van der Waals surface area contributed by atoms with Gasteiger partial charge in [0.1, 0.15) is 11.4 Å². The van der Waals surface area contributed by atoms with Gasteiger partial charge in [0, 0.05) is 25.4 Å². The molecule has 0 bridgehead atoms. The fourth-order valence-electron chi connectivity index (χ4n) is 8.77. The molecule has 3 aliphatic carbocycles. The van der Waals surface area contributed by atoms with E-state index >= 15 is 0 Å². The number of aliphatic hydroxyl groups is 1. The van der Waals surface area contributed by atoms with Crippen LogP contribution < -0.4 is 0 Å². The third kappa shape index (κ3) is 6.56. The van der Waals surface area contributed by atoms with Crippen molar-refractivity contribution in [1.29, 1.82) is 0 Å². The van der Waals surface area contributed by atoms with E-state index in [2.05, 4.69) is 25.8 Å². The Morgan fingerprint density at radius 3 is 2.45 bits per heavy atom. The van der Waals surface area contributed by atoms with Crippen LogP contribution in [0.2, 0.25) is 0 Å². The Morgan fingerprint density at radius 2 is 1.75 bits per heavy atom. The van der Waals surface area contributed by atoms with E-state index in [4.69, 9.17) is 6.42 Å². The highest BCUT2D eigenvalue weighted by Crippen LogP contribution is 2.65. The van der Waals surface area contributed by atoms with Gasteiger partial charge in [-0.25, -0.2) is 0 Å². The number of hydrogen-bond acceptors (Lipinski definition) is 3. The van der Waals surface area contributed by atoms with Gasteiger partial charge < -0.3 is 15.1 Å². The van der Waals surface area contributed by atoms with Crippen LogP contribution in [0.1, 0.15) is 134 Å². The molecular formula is C36H55NO3. The highest BCUT2D eigenvalue weighted by atomic mass is 16.3. The molecule has 4 nitrogen and oxygen atoms in total. The quantitative estimate of drug-likeness (QED) is 0.183. The van der Waals surface area contributed by atoms with Crippen molar-refractivity contribution in [2.24, 2.45) is 23.2 Å². The number of benzene rings is 1. The number of rotatable bonds is 14. The highest BCUT2D eigenvalue weighted by molar-refractivity contribution is 5.75. The van der Waals surface area contributed by atoms with Gasteiger partial charge in [-0.3, -0.25) is 4.79 Å². The molecule has 4 rings (SSSR count). The minimum atomic E-state index is -0.972. The number of amides is 1. The molecule has 3 aliphatic rings. The van der Waals surface area contributed by atoms with Gasteiger partial charge in [0.05, 0.1) is 0 Å². The van der Waals surface area contributed by atoms with Crippen molar-refractivity contribution in [3.63, 3.8) is 0 Å². The van der Waals surface area contributed by atoms with E-state index in [1.807, 2.05) is 24.1 Å². The second-order valence-corrected chi connectivity index (χ2v) is 13.7. The van der Waals surface area contributed by atoms with Crippen LogP contribution in [0.25, 0.3) is 0 Å². The Morgan fingerprint density at radius 1 is 1.05 bits per heavy atom. The van der Waals surface area contributed by atoms with Crippen molar-refractivity contribution in [2.45, 2.75) is 135 Å². The Balaban J connectivity index is 1.23. The summed E-state index contributed by atoms with van der Waals surface area (Å²) in [5.74, 6) is 5.66. The SMILES string of the molecule is C#C[C@]1(O)CC[C@H]2[C@@H]3[C@H](CCCCCCCCCCC(=O)N(C)CCCC)Cc4cc(O)ccc4[C@H]3CC[C@@]21C. The first-order valence-corrected chi connectivity index (χ1v) is 16.5. The number of hydrogen-bond donors (Lipinski definition) is 2. The maximum absolute atomic E-state index is 12.2. The molecule has 0 heterocycles. The van der Waals surface area contributed by atoms with Gasteiger partial charge in [-0.05, 0) is 98.3 Å². The molecule has 1 aromatic carbocycles. The number of fused-ring (bicyclic) bond motifs is 5. The lowest BCUT2D eigenvalue weighted by Gasteiger charge is -2.54. The van der Waals surface area contributed by atoms with Crippen molar-refractivity contribution in [3.05, 3.63) is 29.3 Å². The number of carbonyl (C=O) groups is 1. The van der Waals surface area contributed by atoms with Gasteiger partial charge in [0.25, 0.3) is 0 Å².